The fraction of sp³-hybridized carbons (Fsp3) is 0.244. The molecule has 4 rings (SSSR count). The highest BCUT2D eigenvalue weighted by Gasteiger charge is 2.10. The highest BCUT2D eigenvalue weighted by molar-refractivity contribution is 5.92. The molecule has 0 aliphatic carbocycles. The number of ether oxygens (including phenoxy) is 2. The first-order valence-electron chi connectivity index (χ1n) is 16.6. The zero-order valence-electron chi connectivity index (χ0n) is 28.8. The first kappa shape index (κ1) is 37.8. The summed E-state index contributed by atoms with van der Waals surface area (Å²) < 4.78 is 11.5. The molecule has 49 heavy (non-hydrogen) atoms. The molecule has 0 saturated carbocycles. The van der Waals surface area contributed by atoms with Crippen LogP contribution in [0.3, 0.4) is 0 Å². The summed E-state index contributed by atoms with van der Waals surface area (Å²) in [6.07, 6.45) is 15.6. The maximum atomic E-state index is 12.4. The fourth-order valence-corrected chi connectivity index (χ4v) is 4.80. The van der Waals surface area contributed by atoms with Crippen molar-refractivity contribution in [3.05, 3.63) is 139 Å². The second-order valence-electron chi connectivity index (χ2n) is 11.2. The molecule has 0 atom stereocenters. The van der Waals surface area contributed by atoms with Gasteiger partial charge in [0.1, 0.15) is 11.5 Å². The molecule has 0 aromatic heterocycles. The summed E-state index contributed by atoms with van der Waals surface area (Å²) in [6, 6.07) is 23.8. The van der Waals surface area contributed by atoms with Crippen molar-refractivity contribution in [3.63, 3.8) is 0 Å². The predicted molar refractivity (Wildman–Crippen MR) is 202 cm³/mol. The van der Waals surface area contributed by atoms with E-state index in [1.165, 1.54) is 31.8 Å². The number of aliphatic imine (C=N–C) groups is 1. The third kappa shape index (κ3) is 13.9. The van der Waals surface area contributed by atoms with Crippen LogP contribution in [0.1, 0.15) is 59.3 Å². The lowest BCUT2D eigenvalue weighted by atomic mass is 10.1. The minimum atomic E-state index is -0.286. The molecule has 0 fully saturated rings. The summed E-state index contributed by atoms with van der Waals surface area (Å²) in [4.78, 5) is 28.3. The van der Waals surface area contributed by atoms with Gasteiger partial charge in [0.05, 0.1) is 11.4 Å². The van der Waals surface area contributed by atoms with Crippen molar-refractivity contribution in [3.8, 4) is 17.2 Å². The number of rotatable bonds is 15. The number of allylic oxidation sites excluding steroid dienone is 7. The number of para-hydroxylation sites is 5. The second kappa shape index (κ2) is 21.3. The third-order valence-electron chi connectivity index (χ3n) is 7.23. The molecular weight excluding hydrogens is 612 g/mol. The summed E-state index contributed by atoms with van der Waals surface area (Å²) in [7, 11) is 0. The summed E-state index contributed by atoms with van der Waals surface area (Å²) >= 11 is 0. The Bertz CT molecular complexity index is 1670. The molecule has 0 unspecified atom stereocenters. The van der Waals surface area contributed by atoms with Crippen LogP contribution in [0.5, 0.6) is 17.2 Å². The molecular formula is C41H48N4O4. The van der Waals surface area contributed by atoms with Gasteiger partial charge < -0.3 is 25.4 Å². The number of nitrogens with zero attached hydrogens (tertiary/aromatic N) is 1. The largest absolute Gasteiger partial charge is 0.455 e. The van der Waals surface area contributed by atoms with Gasteiger partial charge in [0.25, 0.3) is 0 Å². The number of carbonyl (C=O) groups is 2. The summed E-state index contributed by atoms with van der Waals surface area (Å²) in [5, 5.41) is 8.49. The van der Waals surface area contributed by atoms with Crippen molar-refractivity contribution in [2.75, 3.05) is 17.2 Å². The van der Waals surface area contributed by atoms with Gasteiger partial charge in [-0.2, -0.15) is 0 Å². The number of hydrogen-bond acceptors (Lipinski definition) is 5. The van der Waals surface area contributed by atoms with E-state index in [9.17, 15) is 9.59 Å². The second-order valence-corrected chi connectivity index (χ2v) is 11.2. The van der Waals surface area contributed by atoms with E-state index in [0.29, 0.717) is 41.6 Å². The van der Waals surface area contributed by atoms with Gasteiger partial charge in [-0.3, -0.25) is 9.79 Å². The number of urea groups is 1. The van der Waals surface area contributed by atoms with E-state index in [-0.39, 0.29) is 11.9 Å². The van der Waals surface area contributed by atoms with Gasteiger partial charge in [0, 0.05) is 37.7 Å². The van der Waals surface area contributed by atoms with Crippen molar-refractivity contribution in [1.82, 2.24) is 5.32 Å². The quantitative estimate of drug-likeness (QED) is 0.0858. The summed E-state index contributed by atoms with van der Waals surface area (Å²) in [6.45, 7) is 13.7. The number of carbonyl (C=O) groups excluding carboxylic acids is 2. The first-order chi connectivity index (χ1) is 23.8. The summed E-state index contributed by atoms with van der Waals surface area (Å²) in [5.74, 6) is 2.34. The lowest BCUT2D eigenvalue weighted by Crippen LogP contribution is -2.30. The number of hydrogen-bond donors (Lipinski definition) is 3. The van der Waals surface area contributed by atoms with Gasteiger partial charge in [0.2, 0.25) is 5.91 Å². The Labute approximate surface area is 291 Å². The Balaban J connectivity index is 0.000000319. The monoisotopic (exact) mass is 660 g/mol. The molecule has 0 spiro atoms. The zero-order chi connectivity index (χ0) is 35.3. The third-order valence-corrected chi connectivity index (χ3v) is 7.23. The van der Waals surface area contributed by atoms with Crippen molar-refractivity contribution in [2.45, 2.75) is 59.3 Å². The van der Waals surface area contributed by atoms with Crippen LogP contribution in [0.2, 0.25) is 0 Å². The molecule has 1 aliphatic heterocycles. The van der Waals surface area contributed by atoms with E-state index in [4.69, 9.17) is 14.5 Å². The molecule has 256 valence electrons. The molecule has 3 aromatic rings. The van der Waals surface area contributed by atoms with Crippen LogP contribution in [-0.2, 0) is 4.79 Å². The van der Waals surface area contributed by atoms with Crippen LogP contribution in [0, 0.1) is 0 Å². The average molecular weight is 661 g/mol. The molecule has 8 nitrogen and oxygen atoms in total. The highest BCUT2D eigenvalue weighted by Crippen LogP contribution is 2.29. The SMILES string of the molecule is C=C/C=C(\C=C)Oc1ccccc1NC(=O)NCCC1=NC(C)=C(CCCCC)C=CC1.CC(=O)Nc1ccccc1Oc1ccccc1. The number of amides is 3. The lowest BCUT2D eigenvalue weighted by Gasteiger charge is -2.13. The van der Waals surface area contributed by atoms with E-state index in [1.807, 2.05) is 60.7 Å². The van der Waals surface area contributed by atoms with Crippen LogP contribution >= 0.6 is 0 Å². The number of nitrogens with one attached hydrogen (secondary N) is 3. The molecule has 1 aliphatic rings. The van der Waals surface area contributed by atoms with Crippen molar-refractivity contribution in [1.29, 1.82) is 0 Å². The van der Waals surface area contributed by atoms with E-state index < -0.39 is 0 Å². The maximum Gasteiger partial charge on any atom is 0.319 e. The normalized spacial score (nSPS) is 12.4. The van der Waals surface area contributed by atoms with Crippen LogP contribution < -0.4 is 25.4 Å². The van der Waals surface area contributed by atoms with E-state index >= 15 is 0 Å². The molecule has 3 amide bonds. The lowest BCUT2D eigenvalue weighted by molar-refractivity contribution is -0.114. The predicted octanol–water partition coefficient (Wildman–Crippen LogP) is 10.5. The minimum Gasteiger partial charge on any atom is -0.455 e. The van der Waals surface area contributed by atoms with Crippen molar-refractivity contribution in [2.24, 2.45) is 4.99 Å². The molecule has 0 bridgehead atoms. The minimum absolute atomic E-state index is 0.117. The Morgan fingerprint density at radius 2 is 1.55 bits per heavy atom. The van der Waals surface area contributed by atoms with Gasteiger partial charge in [-0.05, 0) is 73.9 Å². The fourth-order valence-electron chi connectivity index (χ4n) is 4.80. The summed E-state index contributed by atoms with van der Waals surface area (Å²) in [5.41, 5.74) is 4.74. The number of anilines is 2. The van der Waals surface area contributed by atoms with Crippen LogP contribution in [-0.4, -0.2) is 24.2 Å². The zero-order valence-corrected chi connectivity index (χ0v) is 28.8. The Morgan fingerprint density at radius 1 is 0.878 bits per heavy atom. The molecule has 3 N–H and O–H groups in total. The molecule has 8 heteroatoms. The Morgan fingerprint density at radius 3 is 2.22 bits per heavy atom. The highest BCUT2D eigenvalue weighted by atomic mass is 16.5. The van der Waals surface area contributed by atoms with Gasteiger partial charge in [-0.25, -0.2) is 4.79 Å². The first-order valence-corrected chi connectivity index (χ1v) is 16.6. The van der Waals surface area contributed by atoms with E-state index in [2.05, 4.69) is 55.1 Å². The number of benzene rings is 3. The van der Waals surface area contributed by atoms with Crippen molar-refractivity contribution >= 4 is 29.0 Å². The van der Waals surface area contributed by atoms with Crippen molar-refractivity contribution < 1.29 is 19.1 Å². The van der Waals surface area contributed by atoms with Gasteiger partial charge in [0.15, 0.2) is 11.5 Å². The number of unbranched alkanes of at least 4 members (excludes halogenated alkanes) is 2. The molecule has 0 saturated heterocycles. The topological polar surface area (TPSA) is 101 Å². The molecule has 3 aromatic carbocycles. The molecule has 1 heterocycles. The van der Waals surface area contributed by atoms with Crippen LogP contribution in [0.4, 0.5) is 16.2 Å². The molecule has 0 radical (unpaired) electrons. The Hall–Kier alpha value is -5.63. The van der Waals surface area contributed by atoms with E-state index in [1.54, 1.807) is 36.4 Å². The van der Waals surface area contributed by atoms with E-state index in [0.717, 1.165) is 30.0 Å². The van der Waals surface area contributed by atoms with Gasteiger partial charge in [-0.15, -0.1) is 0 Å². The average Bonchev–Trinajstić information content (AvgIpc) is 3.27. The Kier molecular flexibility index (Phi) is 16.4. The van der Waals surface area contributed by atoms with Gasteiger partial charge in [-0.1, -0.05) is 93.6 Å². The maximum absolute atomic E-state index is 12.4. The van der Waals surface area contributed by atoms with Crippen LogP contribution in [0.25, 0.3) is 0 Å². The van der Waals surface area contributed by atoms with Gasteiger partial charge >= 0.3 is 6.03 Å². The van der Waals surface area contributed by atoms with Crippen LogP contribution in [0.15, 0.2) is 144 Å². The standard InChI is InChI=1S/C27H35N3O2.C14H13NO2/c1-5-8-9-14-22-15-12-16-23(29-21(22)4)19-20-28-27(31)30-25-17-10-11-18-26(25)32-24(7-3)13-6-2;1-11(16)15-13-9-5-6-10-14(13)17-12-7-3-2-4-8-12/h6-7,10-13,15,17-18H,2-3,5,8-9,14,16,19-20H2,1,4H3,(H2,28,30,31);2-10H,1H3,(H,15,16)/b24-13+;. The smallest absolute Gasteiger partial charge is 0.319 e.